The molecule has 1 unspecified atom stereocenters. The molecular formula is C16H22N2O3. The molecule has 0 aliphatic rings. The first kappa shape index (κ1) is 17.0. The zero-order chi connectivity index (χ0) is 16.0. The van der Waals surface area contributed by atoms with Crippen LogP contribution in [-0.2, 0) is 4.79 Å². The lowest BCUT2D eigenvalue weighted by Gasteiger charge is -2.26. The second-order valence-corrected chi connectivity index (χ2v) is 5.77. The average Bonchev–Trinajstić information content (AvgIpc) is 2.44. The second kappa shape index (κ2) is 7.09. The molecule has 0 aromatic heterocycles. The van der Waals surface area contributed by atoms with Crippen molar-refractivity contribution >= 4 is 5.91 Å². The molecule has 5 nitrogen and oxygen atoms in total. The molecule has 1 amide bonds. The summed E-state index contributed by atoms with van der Waals surface area (Å²) in [6.45, 7) is 7.27. The number of aliphatic hydroxyl groups is 1. The Morgan fingerprint density at radius 1 is 1.38 bits per heavy atom. The number of aliphatic hydroxyl groups excluding tert-OH is 1. The number of carbonyl (C=O) groups excluding carboxylic acids is 1. The molecule has 1 aromatic carbocycles. The van der Waals surface area contributed by atoms with Gasteiger partial charge in [-0.15, -0.1) is 0 Å². The number of hydrogen-bond acceptors (Lipinski definition) is 4. The lowest BCUT2D eigenvalue weighted by atomic mass is 10.1. The summed E-state index contributed by atoms with van der Waals surface area (Å²) in [5.41, 5.74) is -0.533. The SMILES string of the molecule is CC(C)C(O)CNC(=O)C(C)(C)Oc1ccc(C#N)cc1. The van der Waals surface area contributed by atoms with Crippen LogP contribution < -0.4 is 10.1 Å². The molecule has 0 aliphatic heterocycles. The second-order valence-electron chi connectivity index (χ2n) is 5.77. The van der Waals surface area contributed by atoms with Gasteiger partial charge < -0.3 is 15.2 Å². The highest BCUT2D eigenvalue weighted by atomic mass is 16.5. The fraction of sp³-hybridized carbons (Fsp3) is 0.500. The summed E-state index contributed by atoms with van der Waals surface area (Å²) in [5.74, 6) is 0.290. The highest BCUT2D eigenvalue weighted by Gasteiger charge is 2.30. The van der Waals surface area contributed by atoms with Gasteiger partial charge in [0, 0.05) is 6.54 Å². The van der Waals surface area contributed by atoms with Crippen molar-refractivity contribution in [3.63, 3.8) is 0 Å². The molecule has 0 saturated carbocycles. The molecule has 0 fully saturated rings. The monoisotopic (exact) mass is 290 g/mol. The van der Waals surface area contributed by atoms with E-state index in [9.17, 15) is 9.90 Å². The van der Waals surface area contributed by atoms with Gasteiger partial charge in [0.2, 0.25) is 0 Å². The summed E-state index contributed by atoms with van der Waals surface area (Å²) < 4.78 is 5.65. The minimum atomic E-state index is -1.06. The van der Waals surface area contributed by atoms with Gasteiger partial charge in [0.05, 0.1) is 17.7 Å². The van der Waals surface area contributed by atoms with E-state index < -0.39 is 11.7 Å². The van der Waals surface area contributed by atoms with Gasteiger partial charge in [-0.05, 0) is 44.0 Å². The van der Waals surface area contributed by atoms with Gasteiger partial charge in [-0.1, -0.05) is 13.8 Å². The highest BCUT2D eigenvalue weighted by molar-refractivity contribution is 5.84. The maximum absolute atomic E-state index is 12.1. The smallest absolute Gasteiger partial charge is 0.263 e. The molecule has 0 spiro atoms. The first-order chi connectivity index (χ1) is 9.76. The van der Waals surface area contributed by atoms with Crippen molar-refractivity contribution in [1.82, 2.24) is 5.32 Å². The number of nitriles is 1. The van der Waals surface area contributed by atoms with E-state index in [1.807, 2.05) is 19.9 Å². The molecule has 1 aromatic rings. The van der Waals surface area contributed by atoms with Crippen LogP contribution in [0.3, 0.4) is 0 Å². The minimum absolute atomic E-state index is 0.0767. The van der Waals surface area contributed by atoms with Crippen LogP contribution in [0, 0.1) is 17.2 Å². The van der Waals surface area contributed by atoms with Crippen molar-refractivity contribution in [3.8, 4) is 11.8 Å². The van der Waals surface area contributed by atoms with E-state index in [4.69, 9.17) is 10.00 Å². The molecule has 0 heterocycles. The predicted molar refractivity (Wildman–Crippen MR) is 79.7 cm³/mol. The Balaban J connectivity index is 2.62. The summed E-state index contributed by atoms with van der Waals surface area (Å²) in [7, 11) is 0. The van der Waals surface area contributed by atoms with Gasteiger partial charge in [-0.2, -0.15) is 5.26 Å². The lowest BCUT2D eigenvalue weighted by molar-refractivity contribution is -0.134. The van der Waals surface area contributed by atoms with Crippen molar-refractivity contribution in [3.05, 3.63) is 29.8 Å². The van der Waals surface area contributed by atoms with Gasteiger partial charge in [0.25, 0.3) is 5.91 Å². The Morgan fingerprint density at radius 3 is 2.43 bits per heavy atom. The average molecular weight is 290 g/mol. The van der Waals surface area contributed by atoms with Crippen molar-refractivity contribution in [2.45, 2.75) is 39.4 Å². The lowest BCUT2D eigenvalue weighted by Crippen LogP contribution is -2.49. The highest BCUT2D eigenvalue weighted by Crippen LogP contribution is 2.19. The maximum Gasteiger partial charge on any atom is 0.263 e. The molecule has 21 heavy (non-hydrogen) atoms. The Hall–Kier alpha value is -2.06. The summed E-state index contributed by atoms with van der Waals surface area (Å²) in [6, 6.07) is 8.58. The molecule has 2 N–H and O–H groups in total. The molecule has 0 radical (unpaired) electrons. The summed E-state index contributed by atoms with van der Waals surface area (Å²) in [6.07, 6.45) is -0.584. The fourth-order valence-corrected chi connectivity index (χ4v) is 1.58. The zero-order valence-electron chi connectivity index (χ0n) is 12.9. The molecule has 114 valence electrons. The van der Waals surface area contributed by atoms with Crippen LogP contribution in [0.4, 0.5) is 0 Å². The number of ether oxygens (including phenoxy) is 1. The Kier molecular flexibility index (Phi) is 5.74. The van der Waals surface area contributed by atoms with E-state index >= 15 is 0 Å². The quantitative estimate of drug-likeness (QED) is 0.837. The van der Waals surface area contributed by atoms with Gasteiger partial charge in [-0.25, -0.2) is 0 Å². The van der Waals surface area contributed by atoms with Crippen molar-refractivity contribution in [2.24, 2.45) is 5.92 Å². The van der Waals surface area contributed by atoms with Crippen LogP contribution in [-0.4, -0.2) is 29.3 Å². The van der Waals surface area contributed by atoms with E-state index in [0.717, 1.165) is 0 Å². The van der Waals surface area contributed by atoms with Crippen molar-refractivity contribution < 1.29 is 14.6 Å². The molecular weight excluding hydrogens is 268 g/mol. The van der Waals surface area contributed by atoms with Crippen LogP contribution >= 0.6 is 0 Å². The number of hydrogen-bond donors (Lipinski definition) is 2. The van der Waals surface area contributed by atoms with Crippen LogP contribution in [0.2, 0.25) is 0 Å². The van der Waals surface area contributed by atoms with E-state index in [1.54, 1.807) is 38.1 Å². The Labute approximate surface area is 125 Å². The summed E-state index contributed by atoms with van der Waals surface area (Å²) in [4.78, 5) is 12.1. The van der Waals surface area contributed by atoms with Gasteiger partial charge in [-0.3, -0.25) is 4.79 Å². The third-order valence-corrected chi connectivity index (χ3v) is 3.14. The number of benzene rings is 1. The van der Waals surface area contributed by atoms with Crippen LogP contribution in [0.15, 0.2) is 24.3 Å². The molecule has 0 bridgehead atoms. The van der Waals surface area contributed by atoms with Gasteiger partial charge in [0.15, 0.2) is 5.60 Å². The van der Waals surface area contributed by atoms with Crippen molar-refractivity contribution in [2.75, 3.05) is 6.54 Å². The molecule has 0 aliphatic carbocycles. The van der Waals surface area contributed by atoms with Crippen LogP contribution in [0.1, 0.15) is 33.3 Å². The molecule has 1 atom stereocenters. The molecule has 1 rings (SSSR count). The van der Waals surface area contributed by atoms with E-state index in [0.29, 0.717) is 11.3 Å². The minimum Gasteiger partial charge on any atom is -0.478 e. The maximum atomic E-state index is 12.1. The van der Waals surface area contributed by atoms with Gasteiger partial charge in [0.1, 0.15) is 5.75 Å². The first-order valence-corrected chi connectivity index (χ1v) is 6.92. The summed E-state index contributed by atoms with van der Waals surface area (Å²) in [5, 5.41) is 21.1. The number of amides is 1. The third-order valence-electron chi connectivity index (χ3n) is 3.14. The molecule has 0 saturated heterocycles. The molecule has 5 heteroatoms. The standard InChI is InChI=1S/C16H22N2O3/c1-11(2)14(19)10-18-15(20)16(3,4)21-13-7-5-12(9-17)6-8-13/h5-8,11,14,19H,10H2,1-4H3,(H,18,20). The number of nitrogens with one attached hydrogen (secondary N) is 1. The largest absolute Gasteiger partial charge is 0.478 e. The third kappa shape index (κ3) is 5.09. The Bertz CT molecular complexity index is 515. The fourth-order valence-electron chi connectivity index (χ4n) is 1.58. The first-order valence-electron chi connectivity index (χ1n) is 6.92. The van der Waals surface area contributed by atoms with Crippen molar-refractivity contribution in [1.29, 1.82) is 5.26 Å². The van der Waals surface area contributed by atoms with Gasteiger partial charge >= 0.3 is 0 Å². The van der Waals surface area contributed by atoms with Crippen LogP contribution in [0.25, 0.3) is 0 Å². The Morgan fingerprint density at radius 2 is 1.95 bits per heavy atom. The number of nitrogens with zero attached hydrogens (tertiary/aromatic N) is 1. The van der Waals surface area contributed by atoms with E-state index in [1.165, 1.54) is 0 Å². The van der Waals surface area contributed by atoms with E-state index in [-0.39, 0.29) is 18.4 Å². The normalized spacial score (nSPS) is 12.6. The topological polar surface area (TPSA) is 82.3 Å². The van der Waals surface area contributed by atoms with Crippen LogP contribution in [0.5, 0.6) is 5.75 Å². The number of rotatable bonds is 6. The predicted octanol–water partition coefficient (Wildman–Crippen LogP) is 1.85. The zero-order valence-corrected chi connectivity index (χ0v) is 12.9. The summed E-state index contributed by atoms with van der Waals surface area (Å²) >= 11 is 0. The van der Waals surface area contributed by atoms with E-state index in [2.05, 4.69) is 5.32 Å². The number of carbonyl (C=O) groups is 1.